The molecule has 2 aromatic heterocycles. The van der Waals surface area contributed by atoms with Crippen molar-refractivity contribution >= 4 is 17.0 Å². The molecule has 0 amide bonds. The maximum atomic E-state index is 9.58. The SMILES string of the molecule is COC1OCC([C@@H](CO)CCn2cnc3c(N)ncnc32)O1. The predicted octanol–water partition coefficient (Wildman–Crippen LogP) is -0.248. The van der Waals surface area contributed by atoms with Gasteiger partial charge in [0.2, 0.25) is 0 Å². The van der Waals surface area contributed by atoms with Crippen LogP contribution in [0.25, 0.3) is 11.2 Å². The molecule has 1 aliphatic rings. The number of aromatic nitrogens is 4. The summed E-state index contributed by atoms with van der Waals surface area (Å²) in [7, 11) is 1.52. The molecule has 1 fully saturated rings. The van der Waals surface area contributed by atoms with E-state index in [9.17, 15) is 5.11 Å². The van der Waals surface area contributed by atoms with Crippen LogP contribution < -0.4 is 5.73 Å². The minimum absolute atomic E-state index is 0.00815. The average Bonchev–Trinajstić information content (AvgIpc) is 3.16. The van der Waals surface area contributed by atoms with Gasteiger partial charge in [0.1, 0.15) is 11.8 Å². The number of nitrogens with zero attached hydrogens (tertiary/aromatic N) is 4. The Kier molecular flexibility index (Phi) is 4.48. The van der Waals surface area contributed by atoms with Crippen molar-refractivity contribution in [2.45, 2.75) is 25.5 Å². The van der Waals surface area contributed by atoms with E-state index in [1.807, 2.05) is 4.57 Å². The summed E-state index contributed by atoms with van der Waals surface area (Å²) in [6, 6.07) is 0. The topological polar surface area (TPSA) is 118 Å². The molecule has 3 atom stereocenters. The molecule has 3 N–H and O–H groups in total. The minimum Gasteiger partial charge on any atom is -0.396 e. The van der Waals surface area contributed by atoms with Gasteiger partial charge in [-0.15, -0.1) is 0 Å². The lowest BCUT2D eigenvalue weighted by Crippen LogP contribution is -2.28. The summed E-state index contributed by atoms with van der Waals surface area (Å²) in [5.74, 6) is 0.301. The Labute approximate surface area is 127 Å². The van der Waals surface area contributed by atoms with Gasteiger partial charge >= 0.3 is 0 Å². The Morgan fingerprint density at radius 3 is 3.09 bits per heavy atom. The Balaban J connectivity index is 1.66. The third kappa shape index (κ3) is 2.88. The van der Waals surface area contributed by atoms with Crippen molar-refractivity contribution in [1.29, 1.82) is 0 Å². The Morgan fingerprint density at radius 1 is 1.50 bits per heavy atom. The molecule has 3 rings (SSSR count). The molecule has 0 saturated carbocycles. The highest BCUT2D eigenvalue weighted by Gasteiger charge is 2.32. The number of nitrogen functional groups attached to an aromatic ring is 1. The Hall–Kier alpha value is -1.81. The van der Waals surface area contributed by atoms with E-state index in [4.69, 9.17) is 19.9 Å². The molecule has 2 unspecified atom stereocenters. The number of fused-ring (bicyclic) bond motifs is 1. The number of anilines is 1. The van der Waals surface area contributed by atoms with Crippen LogP contribution in [0, 0.1) is 5.92 Å². The number of nitrogens with two attached hydrogens (primary N) is 1. The van der Waals surface area contributed by atoms with E-state index in [1.54, 1.807) is 6.33 Å². The molecule has 0 aliphatic carbocycles. The third-order valence-corrected chi connectivity index (χ3v) is 3.81. The summed E-state index contributed by atoms with van der Waals surface area (Å²) in [4.78, 5) is 12.3. The highest BCUT2D eigenvalue weighted by Crippen LogP contribution is 2.23. The number of rotatable bonds is 6. The number of ether oxygens (including phenoxy) is 3. The van der Waals surface area contributed by atoms with Crippen LogP contribution in [0.3, 0.4) is 0 Å². The van der Waals surface area contributed by atoms with Crippen molar-refractivity contribution < 1.29 is 19.3 Å². The van der Waals surface area contributed by atoms with Crippen molar-refractivity contribution in [3.8, 4) is 0 Å². The van der Waals surface area contributed by atoms with Crippen LogP contribution in [0.2, 0.25) is 0 Å². The van der Waals surface area contributed by atoms with Crippen LogP contribution in [0.5, 0.6) is 0 Å². The fraction of sp³-hybridized carbons (Fsp3) is 0.615. The van der Waals surface area contributed by atoms with Gasteiger partial charge in [-0.3, -0.25) is 0 Å². The normalized spacial score (nSPS) is 23.2. The van der Waals surface area contributed by atoms with Crippen molar-refractivity contribution in [2.75, 3.05) is 26.1 Å². The maximum absolute atomic E-state index is 9.58. The van der Waals surface area contributed by atoms with Crippen LogP contribution in [0.4, 0.5) is 5.82 Å². The Bertz CT molecular complexity index is 634. The van der Waals surface area contributed by atoms with Gasteiger partial charge in [-0.05, 0) is 6.42 Å². The fourth-order valence-corrected chi connectivity index (χ4v) is 2.53. The lowest BCUT2D eigenvalue weighted by molar-refractivity contribution is -0.226. The first-order valence-corrected chi connectivity index (χ1v) is 7.05. The van der Waals surface area contributed by atoms with Gasteiger partial charge in [0.05, 0.1) is 19.0 Å². The van der Waals surface area contributed by atoms with Crippen LogP contribution >= 0.6 is 0 Å². The number of methoxy groups -OCH3 is 1. The molecule has 120 valence electrons. The van der Waals surface area contributed by atoms with Gasteiger partial charge in [0.15, 0.2) is 11.5 Å². The highest BCUT2D eigenvalue weighted by molar-refractivity contribution is 5.80. The van der Waals surface area contributed by atoms with Crippen LogP contribution in [-0.2, 0) is 20.8 Å². The molecule has 1 saturated heterocycles. The smallest absolute Gasteiger partial charge is 0.271 e. The van der Waals surface area contributed by atoms with E-state index >= 15 is 0 Å². The van der Waals surface area contributed by atoms with Crippen molar-refractivity contribution in [3.63, 3.8) is 0 Å². The minimum atomic E-state index is -0.652. The first kappa shape index (κ1) is 15.1. The zero-order valence-electron chi connectivity index (χ0n) is 12.3. The zero-order chi connectivity index (χ0) is 15.5. The van der Waals surface area contributed by atoms with E-state index in [-0.39, 0.29) is 18.6 Å². The second kappa shape index (κ2) is 6.53. The molecule has 0 bridgehead atoms. The summed E-state index contributed by atoms with van der Waals surface area (Å²) in [5.41, 5.74) is 7.03. The first-order valence-electron chi connectivity index (χ1n) is 7.05. The van der Waals surface area contributed by atoms with Gasteiger partial charge in [-0.1, -0.05) is 0 Å². The van der Waals surface area contributed by atoms with Crippen LogP contribution in [0.1, 0.15) is 6.42 Å². The number of hydrogen-bond acceptors (Lipinski definition) is 8. The molecule has 2 aromatic rings. The van der Waals surface area contributed by atoms with Gasteiger partial charge in [0, 0.05) is 26.2 Å². The molecule has 9 heteroatoms. The van der Waals surface area contributed by atoms with E-state index < -0.39 is 6.48 Å². The summed E-state index contributed by atoms with van der Waals surface area (Å²) in [5, 5.41) is 9.58. The molecule has 0 aromatic carbocycles. The fourth-order valence-electron chi connectivity index (χ4n) is 2.53. The van der Waals surface area contributed by atoms with Gasteiger partial charge in [-0.2, -0.15) is 0 Å². The molecule has 0 radical (unpaired) electrons. The lowest BCUT2D eigenvalue weighted by Gasteiger charge is -2.20. The maximum Gasteiger partial charge on any atom is 0.271 e. The van der Waals surface area contributed by atoms with Crippen molar-refractivity contribution in [3.05, 3.63) is 12.7 Å². The lowest BCUT2D eigenvalue weighted by atomic mass is 10.00. The number of aliphatic hydroxyl groups excluding tert-OH is 1. The summed E-state index contributed by atoms with van der Waals surface area (Å²) >= 11 is 0. The number of hydrogen-bond donors (Lipinski definition) is 2. The van der Waals surface area contributed by atoms with E-state index in [0.717, 1.165) is 0 Å². The summed E-state index contributed by atoms with van der Waals surface area (Å²) in [6.45, 7) is 0.397. The number of imidazole rings is 1. The molecular formula is C13H19N5O4. The quantitative estimate of drug-likeness (QED) is 0.750. The second-order valence-electron chi connectivity index (χ2n) is 5.13. The third-order valence-electron chi connectivity index (χ3n) is 3.81. The number of aliphatic hydroxyl groups is 1. The first-order chi connectivity index (χ1) is 10.7. The largest absolute Gasteiger partial charge is 0.396 e. The van der Waals surface area contributed by atoms with E-state index in [0.29, 0.717) is 36.6 Å². The summed E-state index contributed by atoms with van der Waals surface area (Å²) in [6.07, 6.45) is 3.59. The molecule has 0 spiro atoms. The van der Waals surface area contributed by atoms with Crippen molar-refractivity contribution in [1.82, 2.24) is 19.5 Å². The molecule has 3 heterocycles. The van der Waals surface area contributed by atoms with E-state index in [1.165, 1.54) is 13.4 Å². The predicted molar refractivity (Wildman–Crippen MR) is 76.6 cm³/mol. The number of aryl methyl sites for hydroxylation is 1. The molecule has 1 aliphatic heterocycles. The average molecular weight is 309 g/mol. The summed E-state index contributed by atoms with van der Waals surface area (Å²) < 4.78 is 17.7. The monoisotopic (exact) mass is 309 g/mol. The second-order valence-corrected chi connectivity index (χ2v) is 5.13. The van der Waals surface area contributed by atoms with Crippen LogP contribution in [0.15, 0.2) is 12.7 Å². The van der Waals surface area contributed by atoms with Gasteiger partial charge in [0.25, 0.3) is 6.48 Å². The Morgan fingerprint density at radius 2 is 2.36 bits per heavy atom. The van der Waals surface area contributed by atoms with E-state index in [2.05, 4.69) is 15.0 Å². The van der Waals surface area contributed by atoms with Gasteiger partial charge in [-0.25, -0.2) is 15.0 Å². The molecular weight excluding hydrogens is 290 g/mol. The molecule has 22 heavy (non-hydrogen) atoms. The zero-order valence-corrected chi connectivity index (χ0v) is 12.3. The standard InChI is InChI=1S/C13H19N5O4/c1-20-13-21-5-9(22-13)8(4-19)2-3-18-7-17-10-11(14)15-6-16-12(10)18/h6-9,13,19H,2-5H2,1H3,(H2,14,15,16)/t8-,9?,13?/m1/s1. The van der Waals surface area contributed by atoms with Gasteiger partial charge < -0.3 is 29.6 Å². The van der Waals surface area contributed by atoms with Crippen LogP contribution in [-0.4, -0.2) is 57.5 Å². The highest BCUT2D eigenvalue weighted by atomic mass is 16.9. The molecule has 9 nitrogen and oxygen atoms in total. The van der Waals surface area contributed by atoms with Crippen molar-refractivity contribution in [2.24, 2.45) is 5.92 Å².